The van der Waals surface area contributed by atoms with Crippen LogP contribution in [0.3, 0.4) is 0 Å². The first-order valence-electron chi connectivity index (χ1n) is 8.80. The molecule has 142 valence electrons. The molecule has 0 bridgehead atoms. The van der Waals surface area contributed by atoms with Gasteiger partial charge in [-0.15, -0.1) is 0 Å². The molecule has 1 amide bonds. The standard InChI is InChI=1S/C20H23N3O3S/c1-14-10-11-16(12-19(14)27(25,26)21-2)23-20(24)9-5-6-15-13-22-18-8-4-3-7-17(15)18/h3-4,7-8,10-13,21-22H,5-6,9H2,1-2H3,(H,23,24). The number of aryl methyl sites for hydroxylation is 2. The van der Waals surface area contributed by atoms with Crippen LogP contribution in [0.15, 0.2) is 53.6 Å². The van der Waals surface area contributed by atoms with E-state index in [9.17, 15) is 13.2 Å². The topological polar surface area (TPSA) is 91.1 Å². The number of aromatic nitrogens is 1. The maximum atomic E-state index is 12.2. The summed E-state index contributed by atoms with van der Waals surface area (Å²) in [6.07, 6.45) is 3.85. The Hall–Kier alpha value is -2.64. The molecule has 3 rings (SSSR count). The molecule has 0 spiro atoms. The van der Waals surface area contributed by atoms with E-state index in [0.29, 0.717) is 24.1 Å². The summed E-state index contributed by atoms with van der Waals surface area (Å²) >= 11 is 0. The predicted molar refractivity (Wildman–Crippen MR) is 107 cm³/mol. The Bertz CT molecular complexity index is 1070. The lowest BCUT2D eigenvalue weighted by molar-refractivity contribution is -0.116. The summed E-state index contributed by atoms with van der Waals surface area (Å²) in [4.78, 5) is 15.6. The van der Waals surface area contributed by atoms with Crippen LogP contribution < -0.4 is 10.0 Å². The van der Waals surface area contributed by atoms with Gasteiger partial charge in [-0.3, -0.25) is 4.79 Å². The van der Waals surface area contributed by atoms with E-state index in [1.807, 2.05) is 24.4 Å². The minimum Gasteiger partial charge on any atom is -0.361 e. The summed E-state index contributed by atoms with van der Waals surface area (Å²) in [7, 11) is -2.19. The number of carbonyl (C=O) groups is 1. The minimum absolute atomic E-state index is 0.133. The van der Waals surface area contributed by atoms with E-state index < -0.39 is 10.0 Å². The lowest BCUT2D eigenvalue weighted by Crippen LogP contribution is -2.20. The first-order valence-corrected chi connectivity index (χ1v) is 10.3. The summed E-state index contributed by atoms with van der Waals surface area (Å²) in [6.45, 7) is 1.72. The number of benzene rings is 2. The van der Waals surface area contributed by atoms with Crippen LogP contribution in [0.25, 0.3) is 10.9 Å². The monoisotopic (exact) mass is 385 g/mol. The van der Waals surface area contributed by atoms with Gasteiger partial charge in [-0.05, 0) is 56.1 Å². The lowest BCUT2D eigenvalue weighted by atomic mass is 10.1. The number of para-hydroxylation sites is 1. The fourth-order valence-electron chi connectivity index (χ4n) is 3.08. The predicted octanol–water partition coefficient (Wildman–Crippen LogP) is 3.35. The van der Waals surface area contributed by atoms with Crippen LogP contribution in [-0.4, -0.2) is 26.4 Å². The van der Waals surface area contributed by atoms with Gasteiger partial charge in [0.2, 0.25) is 15.9 Å². The van der Waals surface area contributed by atoms with Gasteiger partial charge < -0.3 is 10.3 Å². The van der Waals surface area contributed by atoms with Crippen LogP contribution in [0.4, 0.5) is 5.69 Å². The third-order valence-electron chi connectivity index (χ3n) is 4.56. The van der Waals surface area contributed by atoms with Crippen LogP contribution in [0, 0.1) is 6.92 Å². The normalized spacial score (nSPS) is 11.6. The van der Waals surface area contributed by atoms with Gasteiger partial charge in [0, 0.05) is 29.2 Å². The van der Waals surface area contributed by atoms with Crippen LogP contribution >= 0.6 is 0 Å². The number of carbonyl (C=O) groups excluding carboxylic acids is 1. The molecule has 1 heterocycles. The van der Waals surface area contributed by atoms with Crippen molar-refractivity contribution in [2.45, 2.75) is 31.1 Å². The van der Waals surface area contributed by atoms with E-state index >= 15 is 0 Å². The van der Waals surface area contributed by atoms with Crippen LogP contribution in [0.5, 0.6) is 0 Å². The number of rotatable bonds is 7. The largest absolute Gasteiger partial charge is 0.361 e. The maximum absolute atomic E-state index is 12.2. The van der Waals surface area contributed by atoms with E-state index in [4.69, 9.17) is 0 Å². The van der Waals surface area contributed by atoms with Gasteiger partial charge in [-0.2, -0.15) is 0 Å². The minimum atomic E-state index is -3.56. The summed E-state index contributed by atoms with van der Waals surface area (Å²) in [5.41, 5.74) is 3.39. The summed E-state index contributed by atoms with van der Waals surface area (Å²) in [5.74, 6) is -0.133. The first kappa shape index (κ1) is 19.1. The summed E-state index contributed by atoms with van der Waals surface area (Å²) < 4.78 is 26.4. The van der Waals surface area contributed by atoms with E-state index in [-0.39, 0.29) is 10.8 Å². The molecule has 0 aliphatic rings. The zero-order valence-corrected chi connectivity index (χ0v) is 16.2. The Morgan fingerprint density at radius 3 is 2.70 bits per heavy atom. The average Bonchev–Trinajstić information content (AvgIpc) is 3.06. The third kappa shape index (κ3) is 4.37. The number of hydrogen-bond acceptors (Lipinski definition) is 3. The summed E-state index contributed by atoms with van der Waals surface area (Å²) in [5, 5.41) is 3.96. The highest BCUT2D eigenvalue weighted by Crippen LogP contribution is 2.21. The number of nitrogens with one attached hydrogen (secondary N) is 3. The van der Waals surface area contributed by atoms with Crippen molar-refractivity contribution < 1.29 is 13.2 Å². The number of hydrogen-bond donors (Lipinski definition) is 3. The molecule has 0 saturated carbocycles. The molecule has 0 unspecified atom stereocenters. The van der Waals surface area contributed by atoms with Gasteiger partial charge >= 0.3 is 0 Å². The molecule has 0 saturated heterocycles. The quantitative estimate of drug-likeness (QED) is 0.582. The second-order valence-electron chi connectivity index (χ2n) is 6.45. The van der Waals surface area contributed by atoms with Gasteiger partial charge in [0.05, 0.1) is 4.90 Å². The molecule has 7 heteroatoms. The van der Waals surface area contributed by atoms with Crippen molar-refractivity contribution in [1.82, 2.24) is 9.71 Å². The van der Waals surface area contributed by atoms with Crippen molar-refractivity contribution in [2.75, 3.05) is 12.4 Å². The second-order valence-corrected chi connectivity index (χ2v) is 8.30. The molecule has 1 aromatic heterocycles. The van der Waals surface area contributed by atoms with E-state index in [1.54, 1.807) is 19.1 Å². The second kappa shape index (κ2) is 7.94. The Labute approximate surface area is 159 Å². The Morgan fingerprint density at radius 1 is 1.15 bits per heavy atom. The zero-order chi connectivity index (χ0) is 19.4. The van der Waals surface area contributed by atoms with E-state index in [0.717, 1.165) is 11.9 Å². The number of H-pyrrole nitrogens is 1. The number of aromatic amines is 1. The van der Waals surface area contributed by atoms with Crippen LogP contribution in [-0.2, 0) is 21.2 Å². The number of anilines is 1. The molecule has 2 aromatic carbocycles. The molecule has 27 heavy (non-hydrogen) atoms. The SMILES string of the molecule is CNS(=O)(=O)c1cc(NC(=O)CCCc2c[nH]c3ccccc23)ccc1C. The van der Waals surface area contributed by atoms with E-state index in [1.165, 1.54) is 24.1 Å². The molecular weight excluding hydrogens is 362 g/mol. The summed E-state index contributed by atoms with van der Waals surface area (Å²) in [6, 6.07) is 13.0. The molecule has 6 nitrogen and oxygen atoms in total. The molecule has 0 aliphatic carbocycles. The highest BCUT2D eigenvalue weighted by atomic mass is 32.2. The fraction of sp³-hybridized carbons (Fsp3) is 0.250. The van der Waals surface area contributed by atoms with Crippen molar-refractivity contribution in [3.8, 4) is 0 Å². The van der Waals surface area contributed by atoms with Crippen molar-refractivity contribution in [2.24, 2.45) is 0 Å². The van der Waals surface area contributed by atoms with Crippen molar-refractivity contribution in [1.29, 1.82) is 0 Å². The van der Waals surface area contributed by atoms with Gasteiger partial charge in [-0.1, -0.05) is 24.3 Å². The molecule has 3 N–H and O–H groups in total. The zero-order valence-electron chi connectivity index (χ0n) is 15.4. The number of sulfonamides is 1. The fourth-order valence-corrected chi connectivity index (χ4v) is 4.07. The first-order chi connectivity index (χ1) is 12.9. The number of amides is 1. The van der Waals surface area contributed by atoms with Crippen LogP contribution in [0.1, 0.15) is 24.0 Å². The lowest BCUT2D eigenvalue weighted by Gasteiger charge is -2.10. The Kier molecular flexibility index (Phi) is 5.62. The Balaban J connectivity index is 1.60. The Morgan fingerprint density at radius 2 is 1.93 bits per heavy atom. The maximum Gasteiger partial charge on any atom is 0.240 e. The molecule has 0 aliphatic heterocycles. The highest BCUT2D eigenvalue weighted by molar-refractivity contribution is 7.89. The van der Waals surface area contributed by atoms with Crippen molar-refractivity contribution in [3.05, 3.63) is 59.8 Å². The molecule has 0 fully saturated rings. The molecule has 0 radical (unpaired) electrons. The molecule has 0 atom stereocenters. The molecule has 3 aromatic rings. The van der Waals surface area contributed by atoms with Gasteiger partial charge in [0.15, 0.2) is 0 Å². The van der Waals surface area contributed by atoms with Crippen LogP contribution in [0.2, 0.25) is 0 Å². The highest BCUT2D eigenvalue weighted by Gasteiger charge is 2.15. The smallest absolute Gasteiger partial charge is 0.240 e. The van der Waals surface area contributed by atoms with Gasteiger partial charge in [0.25, 0.3) is 0 Å². The van der Waals surface area contributed by atoms with Crippen molar-refractivity contribution >= 4 is 32.5 Å². The van der Waals surface area contributed by atoms with E-state index in [2.05, 4.69) is 21.1 Å². The number of fused-ring (bicyclic) bond motifs is 1. The average molecular weight is 385 g/mol. The molecular formula is C20H23N3O3S. The van der Waals surface area contributed by atoms with Crippen molar-refractivity contribution in [3.63, 3.8) is 0 Å². The third-order valence-corrected chi connectivity index (χ3v) is 6.11. The van der Waals surface area contributed by atoms with Gasteiger partial charge in [-0.25, -0.2) is 13.1 Å². The van der Waals surface area contributed by atoms with Gasteiger partial charge in [0.1, 0.15) is 0 Å².